The number of sulfonamides is 1. The van der Waals surface area contributed by atoms with Gasteiger partial charge >= 0.3 is 0 Å². The maximum atomic E-state index is 11.3. The highest BCUT2D eigenvalue weighted by molar-refractivity contribution is 7.89. The summed E-state index contributed by atoms with van der Waals surface area (Å²) in [7, 11) is -3.59. The first-order chi connectivity index (χ1) is 6.86. The molecule has 1 aromatic rings. The van der Waals surface area contributed by atoms with E-state index in [2.05, 4.69) is 13.8 Å². The Kier molecular flexibility index (Phi) is 3.52. The molecule has 0 spiro atoms. The van der Waals surface area contributed by atoms with Crippen LogP contribution in [0, 0.1) is 0 Å². The lowest BCUT2D eigenvalue weighted by Crippen LogP contribution is -2.14. The fraction of sp³-hybridized carbons (Fsp3) is 0.455. The lowest BCUT2D eigenvalue weighted by molar-refractivity contribution is 0.596. The van der Waals surface area contributed by atoms with Crippen LogP contribution in [0.15, 0.2) is 23.1 Å². The zero-order chi connectivity index (χ0) is 11.6. The summed E-state index contributed by atoms with van der Waals surface area (Å²) in [6.07, 6.45) is 0.673. The first kappa shape index (κ1) is 12.2. The molecule has 0 radical (unpaired) electrons. The fourth-order valence-corrected chi connectivity index (χ4v) is 2.34. The lowest BCUT2D eigenvalue weighted by atomic mass is 10.00. The summed E-state index contributed by atoms with van der Waals surface area (Å²) in [5.74, 6) is 0.393. The van der Waals surface area contributed by atoms with Crippen molar-refractivity contribution in [3.05, 3.63) is 29.3 Å². The number of rotatable bonds is 3. The Morgan fingerprint density at radius 2 is 1.93 bits per heavy atom. The molecule has 15 heavy (non-hydrogen) atoms. The molecule has 0 heterocycles. The van der Waals surface area contributed by atoms with Crippen molar-refractivity contribution < 1.29 is 8.42 Å². The van der Waals surface area contributed by atoms with Gasteiger partial charge in [-0.05, 0) is 29.5 Å². The van der Waals surface area contributed by atoms with Crippen molar-refractivity contribution in [2.45, 2.75) is 38.0 Å². The van der Waals surface area contributed by atoms with Crippen LogP contribution in [0.3, 0.4) is 0 Å². The Morgan fingerprint density at radius 1 is 1.33 bits per heavy atom. The smallest absolute Gasteiger partial charge is 0.225 e. The molecule has 0 aliphatic rings. The minimum Gasteiger partial charge on any atom is -0.225 e. The molecule has 84 valence electrons. The first-order valence-corrected chi connectivity index (χ1v) is 6.56. The van der Waals surface area contributed by atoms with Gasteiger partial charge in [0.2, 0.25) is 10.0 Å². The van der Waals surface area contributed by atoms with E-state index in [1.807, 2.05) is 19.1 Å². The maximum absolute atomic E-state index is 11.3. The molecule has 0 unspecified atom stereocenters. The highest BCUT2D eigenvalue weighted by Crippen LogP contribution is 2.21. The SMILES string of the molecule is CCc1cc(C(C)C)ccc1S(N)(=O)=O. The second-order valence-electron chi connectivity index (χ2n) is 3.92. The normalized spacial score (nSPS) is 12.1. The van der Waals surface area contributed by atoms with Crippen LogP contribution in [-0.4, -0.2) is 8.42 Å². The van der Waals surface area contributed by atoms with E-state index in [1.54, 1.807) is 6.07 Å². The molecular weight excluding hydrogens is 210 g/mol. The van der Waals surface area contributed by atoms with Gasteiger partial charge < -0.3 is 0 Å². The van der Waals surface area contributed by atoms with Crippen molar-refractivity contribution >= 4 is 10.0 Å². The molecule has 0 bridgehead atoms. The topological polar surface area (TPSA) is 60.2 Å². The molecule has 3 nitrogen and oxygen atoms in total. The molecular formula is C11H17NO2S. The van der Waals surface area contributed by atoms with Crippen LogP contribution < -0.4 is 5.14 Å². The number of primary sulfonamides is 1. The molecule has 1 aromatic carbocycles. The average molecular weight is 227 g/mol. The van der Waals surface area contributed by atoms with E-state index >= 15 is 0 Å². The molecule has 0 atom stereocenters. The molecule has 0 amide bonds. The summed E-state index contributed by atoms with van der Waals surface area (Å²) in [6, 6.07) is 5.34. The van der Waals surface area contributed by atoms with E-state index in [4.69, 9.17) is 5.14 Å². The Morgan fingerprint density at radius 3 is 2.33 bits per heavy atom. The maximum Gasteiger partial charge on any atom is 0.238 e. The lowest BCUT2D eigenvalue weighted by Gasteiger charge is -2.10. The molecule has 4 heteroatoms. The van der Waals surface area contributed by atoms with E-state index in [0.29, 0.717) is 12.3 Å². The van der Waals surface area contributed by atoms with Crippen LogP contribution in [-0.2, 0) is 16.4 Å². The standard InChI is InChI=1S/C11H17NO2S/c1-4-9-7-10(8(2)3)5-6-11(9)15(12,13)14/h5-8H,4H2,1-3H3,(H2,12,13,14). The second-order valence-corrected chi connectivity index (χ2v) is 5.45. The molecule has 0 aromatic heterocycles. The van der Waals surface area contributed by atoms with Crippen LogP contribution in [0.1, 0.15) is 37.8 Å². The van der Waals surface area contributed by atoms with Gasteiger partial charge in [0.15, 0.2) is 0 Å². The van der Waals surface area contributed by atoms with E-state index in [9.17, 15) is 8.42 Å². The highest BCUT2D eigenvalue weighted by atomic mass is 32.2. The minimum absolute atomic E-state index is 0.245. The molecule has 0 aliphatic heterocycles. The van der Waals surface area contributed by atoms with Gasteiger partial charge in [0.25, 0.3) is 0 Å². The summed E-state index contributed by atoms with van der Waals surface area (Å²) >= 11 is 0. The van der Waals surface area contributed by atoms with Crippen molar-refractivity contribution in [2.24, 2.45) is 5.14 Å². The number of hydrogen-bond donors (Lipinski definition) is 1. The number of benzene rings is 1. The quantitative estimate of drug-likeness (QED) is 0.858. The third-order valence-corrected chi connectivity index (χ3v) is 3.45. The molecule has 0 aliphatic carbocycles. The van der Waals surface area contributed by atoms with Crippen molar-refractivity contribution in [3.8, 4) is 0 Å². The second kappa shape index (κ2) is 4.33. The third-order valence-electron chi connectivity index (χ3n) is 2.44. The van der Waals surface area contributed by atoms with Crippen LogP contribution in [0.4, 0.5) is 0 Å². The van der Waals surface area contributed by atoms with E-state index in [1.165, 1.54) is 0 Å². The van der Waals surface area contributed by atoms with Gasteiger partial charge in [-0.1, -0.05) is 32.9 Å². The Bertz CT molecular complexity index is 450. The van der Waals surface area contributed by atoms with Crippen molar-refractivity contribution in [3.63, 3.8) is 0 Å². The summed E-state index contributed by atoms with van der Waals surface area (Å²) < 4.78 is 22.5. The zero-order valence-electron chi connectivity index (χ0n) is 9.32. The molecule has 1 rings (SSSR count). The van der Waals surface area contributed by atoms with E-state index in [-0.39, 0.29) is 4.90 Å². The summed E-state index contributed by atoms with van der Waals surface area (Å²) in [6.45, 7) is 6.07. The van der Waals surface area contributed by atoms with Gasteiger partial charge in [-0.2, -0.15) is 0 Å². The van der Waals surface area contributed by atoms with Gasteiger partial charge in [-0.15, -0.1) is 0 Å². The van der Waals surface area contributed by atoms with E-state index < -0.39 is 10.0 Å². The van der Waals surface area contributed by atoms with Gasteiger partial charge in [0.05, 0.1) is 4.90 Å². The van der Waals surface area contributed by atoms with E-state index in [0.717, 1.165) is 11.1 Å². The zero-order valence-corrected chi connectivity index (χ0v) is 10.1. The Hall–Kier alpha value is -0.870. The van der Waals surface area contributed by atoms with Crippen molar-refractivity contribution in [1.82, 2.24) is 0 Å². The summed E-state index contributed by atoms with van der Waals surface area (Å²) in [5, 5.41) is 5.13. The Labute approximate surface area is 91.4 Å². The van der Waals surface area contributed by atoms with Crippen LogP contribution in [0.5, 0.6) is 0 Å². The predicted molar refractivity (Wildman–Crippen MR) is 61.3 cm³/mol. The monoisotopic (exact) mass is 227 g/mol. The highest BCUT2D eigenvalue weighted by Gasteiger charge is 2.13. The van der Waals surface area contributed by atoms with Gasteiger partial charge in [0.1, 0.15) is 0 Å². The predicted octanol–water partition coefficient (Wildman–Crippen LogP) is 2.02. The minimum atomic E-state index is -3.59. The number of nitrogens with two attached hydrogens (primary N) is 1. The molecule has 2 N–H and O–H groups in total. The number of hydrogen-bond acceptors (Lipinski definition) is 2. The van der Waals surface area contributed by atoms with Gasteiger partial charge in [0, 0.05) is 0 Å². The average Bonchev–Trinajstić information content (AvgIpc) is 2.15. The van der Waals surface area contributed by atoms with Gasteiger partial charge in [-0.3, -0.25) is 0 Å². The fourth-order valence-electron chi connectivity index (χ4n) is 1.51. The number of aryl methyl sites for hydroxylation is 1. The Balaban J connectivity index is 3.34. The first-order valence-electron chi connectivity index (χ1n) is 5.02. The van der Waals surface area contributed by atoms with Crippen molar-refractivity contribution in [2.75, 3.05) is 0 Å². The largest absolute Gasteiger partial charge is 0.238 e. The van der Waals surface area contributed by atoms with Crippen LogP contribution in [0.2, 0.25) is 0 Å². The van der Waals surface area contributed by atoms with Gasteiger partial charge in [-0.25, -0.2) is 13.6 Å². The summed E-state index contributed by atoms with van der Waals surface area (Å²) in [5.41, 5.74) is 1.93. The molecule has 0 saturated heterocycles. The summed E-state index contributed by atoms with van der Waals surface area (Å²) in [4.78, 5) is 0.245. The van der Waals surface area contributed by atoms with Crippen LogP contribution >= 0.6 is 0 Å². The molecule has 0 saturated carbocycles. The third kappa shape index (κ3) is 2.79. The van der Waals surface area contributed by atoms with Crippen molar-refractivity contribution in [1.29, 1.82) is 0 Å². The van der Waals surface area contributed by atoms with Crippen LogP contribution in [0.25, 0.3) is 0 Å². The molecule has 0 fully saturated rings.